The number of benzene rings is 2. The van der Waals surface area contributed by atoms with Crippen LogP contribution in [0, 0.1) is 11.6 Å². The molecule has 0 unspecified atom stereocenters. The molecule has 3 heterocycles. The summed E-state index contributed by atoms with van der Waals surface area (Å²) in [7, 11) is 1.43. The summed E-state index contributed by atoms with van der Waals surface area (Å²) in [4.78, 5) is 17.6. The summed E-state index contributed by atoms with van der Waals surface area (Å²) in [5.74, 6) is -0.662. The number of hydrogen-bond acceptors (Lipinski definition) is 6. The van der Waals surface area contributed by atoms with Gasteiger partial charge in [0.1, 0.15) is 23.5 Å². The minimum Gasteiger partial charge on any atom is -0.494 e. The Morgan fingerprint density at radius 2 is 1.87 bits per heavy atom. The lowest BCUT2D eigenvalue weighted by atomic mass is 9.99. The highest BCUT2D eigenvalue weighted by molar-refractivity contribution is 6.37. The number of rotatable bonds is 3. The summed E-state index contributed by atoms with van der Waals surface area (Å²) >= 11 is 6.62. The van der Waals surface area contributed by atoms with Crippen LogP contribution in [-0.4, -0.2) is 53.2 Å². The van der Waals surface area contributed by atoms with Gasteiger partial charge in [-0.05, 0) is 12.1 Å². The Balaban J connectivity index is 1.86. The summed E-state index contributed by atoms with van der Waals surface area (Å²) in [6, 6.07) is 2.78. The number of piperazine rings is 1. The third-order valence-electron chi connectivity index (χ3n) is 5.31. The maximum Gasteiger partial charge on any atom is 0.159 e. The van der Waals surface area contributed by atoms with E-state index < -0.39 is 11.6 Å². The predicted octanol–water partition coefficient (Wildman–Crippen LogP) is 3.52. The second-order valence-electron chi connectivity index (χ2n) is 6.92. The standard InChI is InChI=1S/C20H17ClF2N6O/c1-30-19-14-18(27-9-28-20(14)29-6-4-24-5-7-29)16(23)13(15(19)21)12-10(22)2-3-11-17(12)26-8-25-11/h2-3,8-9,24H,4-7H2,1H3,(H,25,26). The molecule has 0 amide bonds. The Morgan fingerprint density at radius 1 is 1.07 bits per heavy atom. The fourth-order valence-electron chi connectivity index (χ4n) is 3.94. The quantitative estimate of drug-likeness (QED) is 0.517. The van der Waals surface area contributed by atoms with Crippen LogP contribution < -0.4 is 15.0 Å². The van der Waals surface area contributed by atoms with Crippen molar-refractivity contribution in [3.8, 4) is 16.9 Å². The van der Waals surface area contributed by atoms with Gasteiger partial charge in [-0.3, -0.25) is 0 Å². The number of halogens is 3. The van der Waals surface area contributed by atoms with Gasteiger partial charge in [-0.25, -0.2) is 23.7 Å². The number of imidazole rings is 1. The molecule has 30 heavy (non-hydrogen) atoms. The van der Waals surface area contributed by atoms with Gasteiger partial charge in [-0.1, -0.05) is 11.6 Å². The average Bonchev–Trinajstić information content (AvgIpc) is 3.25. The van der Waals surface area contributed by atoms with E-state index >= 15 is 4.39 Å². The summed E-state index contributed by atoms with van der Waals surface area (Å²) < 4.78 is 36.3. The van der Waals surface area contributed by atoms with Gasteiger partial charge in [-0.15, -0.1) is 0 Å². The molecule has 0 spiro atoms. The lowest BCUT2D eigenvalue weighted by molar-refractivity contribution is 0.419. The Labute approximate surface area is 175 Å². The van der Waals surface area contributed by atoms with Gasteiger partial charge in [0.15, 0.2) is 11.6 Å². The smallest absolute Gasteiger partial charge is 0.159 e. The summed E-state index contributed by atoms with van der Waals surface area (Å²) in [5.41, 5.74) is 0.667. The molecule has 1 aliphatic heterocycles. The molecular weight excluding hydrogens is 414 g/mol. The molecule has 7 nitrogen and oxygen atoms in total. The molecule has 2 aromatic heterocycles. The van der Waals surface area contributed by atoms with E-state index in [2.05, 4.69) is 25.3 Å². The molecule has 2 aromatic carbocycles. The lowest BCUT2D eigenvalue weighted by Gasteiger charge is -2.29. The fourth-order valence-corrected chi connectivity index (χ4v) is 4.29. The number of nitrogens with zero attached hydrogens (tertiary/aromatic N) is 4. The van der Waals surface area contributed by atoms with E-state index in [0.29, 0.717) is 29.8 Å². The van der Waals surface area contributed by atoms with Gasteiger partial charge in [0.05, 0.1) is 40.4 Å². The first-order valence-electron chi connectivity index (χ1n) is 9.39. The van der Waals surface area contributed by atoms with E-state index in [1.54, 1.807) is 0 Å². The van der Waals surface area contributed by atoms with Gasteiger partial charge in [0.2, 0.25) is 0 Å². The first kappa shape index (κ1) is 19.0. The van der Waals surface area contributed by atoms with Crippen LogP contribution in [0.2, 0.25) is 5.02 Å². The lowest BCUT2D eigenvalue weighted by Crippen LogP contribution is -2.44. The molecule has 2 N–H and O–H groups in total. The number of hydrogen-bond donors (Lipinski definition) is 2. The van der Waals surface area contributed by atoms with E-state index in [1.807, 2.05) is 4.90 Å². The van der Waals surface area contributed by atoms with E-state index in [4.69, 9.17) is 16.3 Å². The van der Waals surface area contributed by atoms with Crippen LogP contribution in [0.25, 0.3) is 33.1 Å². The van der Waals surface area contributed by atoms with Gasteiger partial charge < -0.3 is 19.9 Å². The highest BCUT2D eigenvalue weighted by Crippen LogP contribution is 2.47. The molecule has 154 valence electrons. The van der Waals surface area contributed by atoms with Crippen LogP contribution in [0.15, 0.2) is 24.8 Å². The highest BCUT2D eigenvalue weighted by atomic mass is 35.5. The van der Waals surface area contributed by atoms with Crippen molar-refractivity contribution in [2.45, 2.75) is 0 Å². The molecule has 1 aliphatic rings. The maximum absolute atomic E-state index is 15.8. The van der Waals surface area contributed by atoms with Crippen molar-refractivity contribution in [2.75, 3.05) is 38.2 Å². The van der Waals surface area contributed by atoms with Crippen molar-refractivity contribution in [1.82, 2.24) is 25.3 Å². The first-order valence-corrected chi connectivity index (χ1v) is 9.77. The molecule has 10 heteroatoms. The molecule has 0 saturated carbocycles. The van der Waals surface area contributed by atoms with Gasteiger partial charge >= 0.3 is 0 Å². The second-order valence-corrected chi connectivity index (χ2v) is 7.29. The Morgan fingerprint density at radius 3 is 2.63 bits per heavy atom. The van der Waals surface area contributed by atoms with Crippen LogP contribution in [0.1, 0.15) is 0 Å². The molecule has 0 atom stereocenters. The van der Waals surface area contributed by atoms with Crippen LogP contribution in [-0.2, 0) is 0 Å². The molecule has 0 aliphatic carbocycles. The highest BCUT2D eigenvalue weighted by Gasteiger charge is 2.29. The van der Waals surface area contributed by atoms with Crippen LogP contribution in [0.5, 0.6) is 5.75 Å². The molecular formula is C20H17ClF2N6O. The fraction of sp³-hybridized carbons (Fsp3) is 0.250. The van der Waals surface area contributed by atoms with E-state index in [-0.39, 0.29) is 32.9 Å². The molecule has 4 aromatic rings. The number of nitrogens with one attached hydrogen (secondary N) is 2. The number of aromatic amines is 1. The molecule has 1 saturated heterocycles. The van der Waals surface area contributed by atoms with Crippen LogP contribution in [0.4, 0.5) is 14.6 Å². The van der Waals surface area contributed by atoms with Gasteiger partial charge in [0.25, 0.3) is 0 Å². The zero-order valence-corrected chi connectivity index (χ0v) is 16.7. The zero-order chi connectivity index (χ0) is 20.8. The van der Waals surface area contributed by atoms with Crippen LogP contribution in [0.3, 0.4) is 0 Å². The Hall–Kier alpha value is -3.04. The third kappa shape index (κ3) is 2.77. The number of fused-ring (bicyclic) bond motifs is 2. The number of H-pyrrole nitrogens is 1. The molecule has 1 fully saturated rings. The first-order chi connectivity index (χ1) is 14.6. The average molecular weight is 431 g/mol. The van der Waals surface area contributed by atoms with Gasteiger partial charge in [0, 0.05) is 31.7 Å². The summed E-state index contributed by atoms with van der Waals surface area (Å²) in [5, 5.41) is 3.58. The van der Waals surface area contributed by atoms with E-state index in [0.717, 1.165) is 13.1 Å². The molecule has 5 rings (SSSR count). The van der Waals surface area contributed by atoms with Crippen molar-refractivity contribution >= 4 is 39.4 Å². The van der Waals surface area contributed by atoms with Crippen molar-refractivity contribution in [2.24, 2.45) is 0 Å². The molecule has 0 bridgehead atoms. The van der Waals surface area contributed by atoms with Crippen molar-refractivity contribution in [3.63, 3.8) is 0 Å². The zero-order valence-electron chi connectivity index (χ0n) is 16.0. The molecule has 0 radical (unpaired) electrons. The van der Waals surface area contributed by atoms with Crippen molar-refractivity contribution < 1.29 is 13.5 Å². The number of anilines is 1. The Bertz CT molecular complexity index is 1270. The van der Waals surface area contributed by atoms with E-state index in [1.165, 1.54) is 31.9 Å². The van der Waals surface area contributed by atoms with E-state index in [9.17, 15) is 4.39 Å². The SMILES string of the molecule is COc1c(Cl)c(-c2c(F)ccc3[nH]cnc23)c(F)c2ncnc(N3CCNCC3)c12. The van der Waals surface area contributed by atoms with Crippen molar-refractivity contribution in [3.05, 3.63) is 41.4 Å². The monoisotopic (exact) mass is 430 g/mol. The topological polar surface area (TPSA) is 79.0 Å². The number of ether oxygens (including phenoxy) is 1. The normalized spacial score (nSPS) is 14.6. The van der Waals surface area contributed by atoms with Crippen LogP contribution >= 0.6 is 11.6 Å². The Kier molecular flexibility index (Phi) is 4.63. The summed E-state index contributed by atoms with van der Waals surface area (Å²) in [6.07, 6.45) is 2.72. The summed E-state index contributed by atoms with van der Waals surface area (Å²) in [6.45, 7) is 2.93. The maximum atomic E-state index is 15.8. The largest absolute Gasteiger partial charge is 0.494 e. The second kappa shape index (κ2) is 7.33. The minimum atomic E-state index is -0.746. The third-order valence-corrected chi connectivity index (χ3v) is 5.67. The number of methoxy groups -OCH3 is 1. The minimum absolute atomic E-state index is 0.0155. The van der Waals surface area contributed by atoms with Gasteiger partial charge in [-0.2, -0.15) is 0 Å². The number of aromatic nitrogens is 4. The van der Waals surface area contributed by atoms with Crippen molar-refractivity contribution in [1.29, 1.82) is 0 Å². The predicted molar refractivity (Wildman–Crippen MR) is 111 cm³/mol.